The number of nitrogens with one attached hydrogen (secondary N) is 1. The lowest BCUT2D eigenvalue weighted by molar-refractivity contribution is -0.129. The third-order valence-corrected chi connectivity index (χ3v) is 5.87. The Balaban J connectivity index is 1.25. The van der Waals surface area contributed by atoms with Crippen molar-refractivity contribution in [1.82, 2.24) is 10.2 Å². The zero-order chi connectivity index (χ0) is 20.2. The molecule has 1 fully saturated rings. The molecule has 0 radical (unpaired) electrons. The standard InChI is InChI=1S/C22H24ClFN2O3/c23-19-12-21-20(28-14-29-21)11-16(19)13-25-9-7-18-5-6-22(27)26(18)10-8-15-1-3-17(24)4-2-15/h1-4,11-12,18,25H,5-10,13-14H2/t18-/m0/s1. The van der Waals surface area contributed by atoms with Gasteiger partial charge in [-0.1, -0.05) is 23.7 Å². The lowest BCUT2D eigenvalue weighted by Gasteiger charge is -2.25. The molecule has 29 heavy (non-hydrogen) atoms. The summed E-state index contributed by atoms with van der Waals surface area (Å²) >= 11 is 6.31. The van der Waals surface area contributed by atoms with E-state index in [1.807, 2.05) is 11.0 Å². The summed E-state index contributed by atoms with van der Waals surface area (Å²) in [6, 6.07) is 10.4. The van der Waals surface area contributed by atoms with E-state index in [0.29, 0.717) is 30.3 Å². The molecule has 1 saturated heterocycles. The zero-order valence-electron chi connectivity index (χ0n) is 16.1. The summed E-state index contributed by atoms with van der Waals surface area (Å²) in [6.45, 7) is 2.32. The maximum absolute atomic E-state index is 13.0. The molecule has 2 heterocycles. The van der Waals surface area contributed by atoms with Gasteiger partial charge < -0.3 is 19.7 Å². The van der Waals surface area contributed by atoms with Crippen LogP contribution in [-0.4, -0.2) is 36.7 Å². The van der Waals surface area contributed by atoms with Crippen LogP contribution in [0.4, 0.5) is 4.39 Å². The molecule has 154 valence electrons. The maximum atomic E-state index is 13.0. The predicted molar refractivity (Wildman–Crippen MR) is 109 cm³/mol. The van der Waals surface area contributed by atoms with Crippen LogP contribution in [0.2, 0.25) is 5.02 Å². The molecule has 0 spiro atoms. The average Bonchev–Trinajstić information content (AvgIpc) is 3.31. The fraction of sp³-hybridized carbons (Fsp3) is 0.409. The van der Waals surface area contributed by atoms with Gasteiger partial charge in [-0.3, -0.25) is 4.79 Å². The van der Waals surface area contributed by atoms with E-state index in [4.69, 9.17) is 21.1 Å². The molecule has 0 aliphatic carbocycles. The number of rotatable bonds is 8. The van der Waals surface area contributed by atoms with Gasteiger partial charge >= 0.3 is 0 Å². The molecular formula is C22H24ClFN2O3. The summed E-state index contributed by atoms with van der Waals surface area (Å²) in [4.78, 5) is 14.2. The second-order valence-corrected chi connectivity index (χ2v) is 7.83. The quantitative estimate of drug-likeness (QED) is 0.660. The van der Waals surface area contributed by atoms with Crippen LogP contribution in [0.3, 0.4) is 0 Å². The molecule has 0 unspecified atom stereocenters. The molecule has 0 bridgehead atoms. The van der Waals surface area contributed by atoms with Gasteiger partial charge in [0, 0.05) is 36.6 Å². The highest BCUT2D eigenvalue weighted by Gasteiger charge is 2.29. The number of halogens is 2. The number of hydrogen-bond acceptors (Lipinski definition) is 4. The minimum atomic E-state index is -0.238. The fourth-order valence-electron chi connectivity index (χ4n) is 3.89. The van der Waals surface area contributed by atoms with E-state index in [1.54, 1.807) is 18.2 Å². The van der Waals surface area contributed by atoms with Crippen LogP contribution in [0.15, 0.2) is 36.4 Å². The molecule has 0 aromatic heterocycles. The van der Waals surface area contributed by atoms with Gasteiger partial charge in [-0.25, -0.2) is 4.39 Å². The second-order valence-electron chi connectivity index (χ2n) is 7.42. The first-order valence-electron chi connectivity index (χ1n) is 9.93. The average molecular weight is 419 g/mol. The van der Waals surface area contributed by atoms with Crippen molar-refractivity contribution in [3.63, 3.8) is 0 Å². The Kier molecular flexibility index (Phi) is 6.21. The lowest BCUT2D eigenvalue weighted by Crippen LogP contribution is -2.36. The molecule has 1 N–H and O–H groups in total. The molecule has 1 atom stereocenters. The Morgan fingerprint density at radius 1 is 1.17 bits per heavy atom. The van der Waals surface area contributed by atoms with Crippen LogP contribution in [0.25, 0.3) is 0 Å². The van der Waals surface area contributed by atoms with E-state index in [-0.39, 0.29) is 24.6 Å². The molecule has 2 aliphatic rings. The summed E-state index contributed by atoms with van der Waals surface area (Å²) in [5.41, 5.74) is 2.01. The largest absolute Gasteiger partial charge is 0.454 e. The molecule has 2 aromatic rings. The van der Waals surface area contributed by atoms with Crippen molar-refractivity contribution in [1.29, 1.82) is 0 Å². The summed E-state index contributed by atoms with van der Waals surface area (Å²) in [5, 5.41) is 4.07. The number of nitrogens with zero attached hydrogens (tertiary/aromatic N) is 1. The minimum Gasteiger partial charge on any atom is -0.454 e. The van der Waals surface area contributed by atoms with Crippen LogP contribution in [0, 0.1) is 5.82 Å². The SMILES string of the molecule is O=C1CC[C@@H](CCNCc2cc3c(cc2Cl)OCO3)N1CCc1ccc(F)cc1. The van der Waals surface area contributed by atoms with Crippen LogP contribution < -0.4 is 14.8 Å². The number of hydrogen-bond donors (Lipinski definition) is 1. The normalized spacial score (nSPS) is 17.9. The highest BCUT2D eigenvalue weighted by atomic mass is 35.5. The highest BCUT2D eigenvalue weighted by Crippen LogP contribution is 2.36. The van der Waals surface area contributed by atoms with E-state index in [1.165, 1.54) is 12.1 Å². The maximum Gasteiger partial charge on any atom is 0.231 e. The van der Waals surface area contributed by atoms with Crippen molar-refractivity contribution in [2.45, 2.75) is 38.3 Å². The van der Waals surface area contributed by atoms with Gasteiger partial charge in [0.25, 0.3) is 0 Å². The van der Waals surface area contributed by atoms with Crippen LogP contribution in [0.5, 0.6) is 11.5 Å². The lowest BCUT2D eigenvalue weighted by atomic mass is 10.1. The van der Waals surface area contributed by atoms with Gasteiger partial charge in [-0.05, 0) is 55.1 Å². The van der Waals surface area contributed by atoms with E-state index < -0.39 is 0 Å². The molecular weight excluding hydrogens is 395 g/mol. The van der Waals surface area contributed by atoms with Crippen LogP contribution >= 0.6 is 11.6 Å². The number of likely N-dealkylation sites (tertiary alicyclic amines) is 1. The second kappa shape index (κ2) is 9.01. The van der Waals surface area contributed by atoms with Crippen LogP contribution in [0.1, 0.15) is 30.4 Å². The minimum absolute atomic E-state index is 0.205. The number of amides is 1. The Bertz CT molecular complexity index is 875. The van der Waals surface area contributed by atoms with E-state index in [2.05, 4.69) is 5.32 Å². The third-order valence-electron chi connectivity index (χ3n) is 5.52. The Morgan fingerprint density at radius 2 is 1.93 bits per heavy atom. The number of ether oxygens (including phenoxy) is 2. The summed E-state index contributed by atoms with van der Waals surface area (Å²) in [6.07, 6.45) is 3.11. The van der Waals surface area contributed by atoms with E-state index in [9.17, 15) is 9.18 Å². The molecule has 2 aliphatic heterocycles. The Hall–Kier alpha value is -2.31. The Labute approximate surface area is 174 Å². The molecule has 5 nitrogen and oxygen atoms in total. The first-order chi connectivity index (χ1) is 14.1. The van der Waals surface area contributed by atoms with Crippen molar-refractivity contribution in [3.05, 3.63) is 58.4 Å². The van der Waals surface area contributed by atoms with Gasteiger partial charge in [0.15, 0.2) is 11.5 Å². The highest BCUT2D eigenvalue weighted by molar-refractivity contribution is 6.31. The molecule has 7 heteroatoms. The van der Waals surface area contributed by atoms with Gasteiger partial charge in [-0.2, -0.15) is 0 Å². The first-order valence-corrected chi connectivity index (χ1v) is 10.3. The van der Waals surface area contributed by atoms with Crippen molar-refractivity contribution < 1.29 is 18.7 Å². The number of carbonyl (C=O) groups is 1. The van der Waals surface area contributed by atoms with Crippen LogP contribution in [-0.2, 0) is 17.8 Å². The topological polar surface area (TPSA) is 50.8 Å². The van der Waals surface area contributed by atoms with Crippen molar-refractivity contribution in [2.24, 2.45) is 0 Å². The molecule has 1 amide bonds. The number of benzene rings is 2. The Morgan fingerprint density at radius 3 is 2.72 bits per heavy atom. The molecule has 2 aromatic carbocycles. The van der Waals surface area contributed by atoms with E-state index >= 15 is 0 Å². The zero-order valence-corrected chi connectivity index (χ0v) is 16.9. The van der Waals surface area contributed by atoms with Crippen molar-refractivity contribution >= 4 is 17.5 Å². The van der Waals surface area contributed by atoms with Crippen molar-refractivity contribution in [3.8, 4) is 11.5 Å². The number of carbonyl (C=O) groups excluding carboxylic acids is 1. The van der Waals surface area contributed by atoms with Gasteiger partial charge in [0.2, 0.25) is 12.7 Å². The number of fused-ring (bicyclic) bond motifs is 1. The summed E-state index contributed by atoms with van der Waals surface area (Å²) < 4.78 is 23.8. The third kappa shape index (κ3) is 4.82. The van der Waals surface area contributed by atoms with Gasteiger partial charge in [0.1, 0.15) is 5.82 Å². The first kappa shape index (κ1) is 20.0. The molecule has 0 saturated carbocycles. The van der Waals surface area contributed by atoms with Crippen molar-refractivity contribution in [2.75, 3.05) is 19.9 Å². The van der Waals surface area contributed by atoms with Gasteiger partial charge in [0.05, 0.1) is 0 Å². The predicted octanol–water partition coefficient (Wildman–Crippen LogP) is 3.92. The fourth-order valence-corrected chi connectivity index (χ4v) is 4.11. The smallest absolute Gasteiger partial charge is 0.231 e. The summed E-state index contributed by atoms with van der Waals surface area (Å²) in [5.74, 6) is 1.37. The monoisotopic (exact) mass is 418 g/mol. The van der Waals surface area contributed by atoms with E-state index in [0.717, 1.165) is 42.7 Å². The van der Waals surface area contributed by atoms with Gasteiger partial charge in [-0.15, -0.1) is 0 Å². The molecule has 4 rings (SSSR count). The summed E-state index contributed by atoms with van der Waals surface area (Å²) in [7, 11) is 0.